The van der Waals surface area contributed by atoms with E-state index in [4.69, 9.17) is 15.2 Å². The van der Waals surface area contributed by atoms with E-state index in [1.165, 1.54) is 6.07 Å². The molecular weight excluding hydrogens is 238 g/mol. The second-order valence-corrected chi connectivity index (χ2v) is 3.80. The summed E-state index contributed by atoms with van der Waals surface area (Å²) in [4.78, 5) is 10.4. The Morgan fingerprint density at radius 1 is 1.33 bits per heavy atom. The minimum Gasteiger partial charge on any atom is -0.507 e. The highest BCUT2D eigenvalue weighted by molar-refractivity contribution is 5.71. The van der Waals surface area contributed by atoms with Crippen molar-refractivity contribution in [1.29, 1.82) is 0 Å². The monoisotopic (exact) mass is 253 g/mol. The summed E-state index contributed by atoms with van der Waals surface area (Å²) in [7, 11) is 0. The molecule has 7 heteroatoms. The number of nitrogens with one attached hydrogen (secondary N) is 2. The summed E-state index contributed by atoms with van der Waals surface area (Å²) < 4.78 is 10.4. The zero-order valence-electron chi connectivity index (χ0n) is 9.73. The van der Waals surface area contributed by atoms with Crippen molar-refractivity contribution in [2.45, 2.75) is 6.54 Å². The topological polar surface area (TPSA) is 106 Å². The summed E-state index contributed by atoms with van der Waals surface area (Å²) in [6.07, 6.45) is 0. The first-order valence-corrected chi connectivity index (χ1v) is 5.52. The first kappa shape index (κ1) is 12.3. The maximum atomic E-state index is 10.4. The number of phenols is 1. The molecule has 0 fully saturated rings. The van der Waals surface area contributed by atoms with Gasteiger partial charge in [-0.1, -0.05) is 0 Å². The molecule has 0 spiro atoms. The van der Waals surface area contributed by atoms with Crippen molar-refractivity contribution in [3.05, 3.63) is 17.7 Å². The predicted molar refractivity (Wildman–Crippen MR) is 63.5 cm³/mol. The number of carbonyl (C=O) groups excluding carboxylic acids is 1. The second kappa shape index (κ2) is 5.46. The number of hydrogen-bond donors (Lipinski definition) is 4. The largest absolute Gasteiger partial charge is 0.507 e. The Labute approximate surface area is 104 Å². The van der Waals surface area contributed by atoms with Crippen LogP contribution in [0.25, 0.3) is 0 Å². The number of urea groups is 1. The van der Waals surface area contributed by atoms with E-state index in [-0.39, 0.29) is 12.5 Å². The molecule has 1 heterocycles. The lowest BCUT2D eigenvalue weighted by Gasteiger charge is -2.08. The minimum absolute atomic E-state index is 0.148. The predicted octanol–water partition coefficient (Wildman–Crippen LogP) is -0.121. The zero-order valence-corrected chi connectivity index (χ0v) is 9.73. The molecule has 2 rings (SSSR count). The first-order chi connectivity index (χ1) is 8.66. The molecule has 0 aliphatic carbocycles. The standard InChI is InChI=1S/C11H15N3O4/c12-11(16)14-2-1-13-5-7-3-9-10(4-8(7)15)18-6-17-9/h3-4,13,15H,1-2,5-6H2,(H3,12,14,16). The van der Waals surface area contributed by atoms with Crippen LogP contribution in [0.5, 0.6) is 17.2 Å². The van der Waals surface area contributed by atoms with Gasteiger partial charge in [-0.2, -0.15) is 0 Å². The average molecular weight is 253 g/mol. The third-order valence-electron chi connectivity index (χ3n) is 2.49. The maximum Gasteiger partial charge on any atom is 0.312 e. The quantitative estimate of drug-likeness (QED) is 0.547. The van der Waals surface area contributed by atoms with Gasteiger partial charge in [0.25, 0.3) is 0 Å². The van der Waals surface area contributed by atoms with E-state index in [0.717, 1.165) is 0 Å². The summed E-state index contributed by atoms with van der Waals surface area (Å²) in [5.41, 5.74) is 5.63. The third kappa shape index (κ3) is 2.95. The number of benzene rings is 1. The Morgan fingerprint density at radius 2 is 2.06 bits per heavy atom. The summed E-state index contributed by atoms with van der Waals surface area (Å²) in [5.74, 6) is 1.32. The fourth-order valence-corrected chi connectivity index (χ4v) is 1.61. The minimum atomic E-state index is -0.553. The molecule has 1 aromatic rings. The number of nitrogens with two attached hydrogens (primary N) is 1. The molecule has 0 unspecified atom stereocenters. The van der Waals surface area contributed by atoms with E-state index < -0.39 is 6.03 Å². The highest BCUT2D eigenvalue weighted by Gasteiger charge is 2.16. The molecule has 1 aromatic carbocycles. The Morgan fingerprint density at radius 3 is 2.78 bits per heavy atom. The zero-order chi connectivity index (χ0) is 13.0. The lowest BCUT2D eigenvalue weighted by Crippen LogP contribution is -2.35. The van der Waals surface area contributed by atoms with Crippen LogP contribution in [-0.4, -0.2) is 31.0 Å². The van der Waals surface area contributed by atoms with Crippen LogP contribution < -0.4 is 25.8 Å². The van der Waals surface area contributed by atoms with Crippen molar-refractivity contribution >= 4 is 6.03 Å². The Kier molecular flexibility index (Phi) is 3.73. The van der Waals surface area contributed by atoms with E-state index in [9.17, 15) is 9.90 Å². The van der Waals surface area contributed by atoms with Crippen LogP contribution in [0.2, 0.25) is 0 Å². The smallest absolute Gasteiger partial charge is 0.312 e. The van der Waals surface area contributed by atoms with Gasteiger partial charge in [-0.05, 0) is 6.07 Å². The second-order valence-electron chi connectivity index (χ2n) is 3.80. The van der Waals surface area contributed by atoms with Gasteiger partial charge in [-0.25, -0.2) is 4.79 Å². The SMILES string of the molecule is NC(=O)NCCNCc1cc2c(cc1O)OCO2. The van der Waals surface area contributed by atoms with Gasteiger partial charge in [0, 0.05) is 31.3 Å². The van der Waals surface area contributed by atoms with E-state index in [1.54, 1.807) is 6.07 Å². The van der Waals surface area contributed by atoms with Gasteiger partial charge in [-0.15, -0.1) is 0 Å². The number of primary amides is 1. The molecule has 1 aliphatic rings. The first-order valence-electron chi connectivity index (χ1n) is 5.52. The van der Waals surface area contributed by atoms with Crippen LogP contribution >= 0.6 is 0 Å². The number of ether oxygens (including phenoxy) is 2. The van der Waals surface area contributed by atoms with Crippen molar-refractivity contribution in [1.82, 2.24) is 10.6 Å². The van der Waals surface area contributed by atoms with Crippen molar-refractivity contribution in [3.8, 4) is 17.2 Å². The van der Waals surface area contributed by atoms with Crippen LogP contribution in [-0.2, 0) is 6.54 Å². The summed E-state index contributed by atoms with van der Waals surface area (Å²) >= 11 is 0. The van der Waals surface area contributed by atoms with Crippen molar-refractivity contribution in [2.75, 3.05) is 19.9 Å². The summed E-state index contributed by atoms with van der Waals surface area (Å²) in [6.45, 7) is 1.62. The van der Waals surface area contributed by atoms with E-state index in [1.807, 2.05) is 0 Å². The van der Waals surface area contributed by atoms with Crippen molar-refractivity contribution < 1.29 is 19.4 Å². The molecule has 2 amide bonds. The number of carbonyl (C=O) groups is 1. The highest BCUT2D eigenvalue weighted by Crippen LogP contribution is 2.37. The third-order valence-corrected chi connectivity index (χ3v) is 2.49. The fourth-order valence-electron chi connectivity index (χ4n) is 1.61. The Hall–Kier alpha value is -2.15. The molecule has 98 valence electrons. The van der Waals surface area contributed by atoms with Gasteiger partial charge in [0.2, 0.25) is 6.79 Å². The van der Waals surface area contributed by atoms with Gasteiger partial charge < -0.3 is 30.9 Å². The van der Waals surface area contributed by atoms with Crippen LogP contribution in [0.4, 0.5) is 4.79 Å². The van der Waals surface area contributed by atoms with E-state index in [0.29, 0.717) is 36.7 Å². The molecule has 7 nitrogen and oxygen atoms in total. The van der Waals surface area contributed by atoms with E-state index >= 15 is 0 Å². The van der Waals surface area contributed by atoms with Gasteiger partial charge in [0.05, 0.1) is 0 Å². The normalized spacial score (nSPS) is 12.4. The van der Waals surface area contributed by atoms with Gasteiger partial charge in [0.1, 0.15) is 5.75 Å². The fraction of sp³-hybridized carbons (Fsp3) is 0.364. The number of rotatable bonds is 5. The number of amides is 2. The van der Waals surface area contributed by atoms with Crippen LogP contribution in [0.1, 0.15) is 5.56 Å². The number of hydrogen-bond acceptors (Lipinski definition) is 5. The summed E-state index contributed by atoms with van der Waals surface area (Å²) in [6, 6.07) is 2.70. The van der Waals surface area contributed by atoms with Crippen molar-refractivity contribution in [2.24, 2.45) is 5.73 Å². The molecular formula is C11H15N3O4. The average Bonchev–Trinajstić information content (AvgIpc) is 2.75. The molecule has 0 saturated heterocycles. The lowest BCUT2D eigenvalue weighted by atomic mass is 10.1. The Bertz CT molecular complexity index is 450. The molecule has 18 heavy (non-hydrogen) atoms. The Balaban J connectivity index is 1.84. The molecule has 1 aliphatic heterocycles. The van der Waals surface area contributed by atoms with Crippen molar-refractivity contribution in [3.63, 3.8) is 0 Å². The van der Waals surface area contributed by atoms with Crippen LogP contribution in [0.3, 0.4) is 0 Å². The molecule has 5 N–H and O–H groups in total. The summed E-state index contributed by atoms with van der Waals surface area (Å²) in [5, 5.41) is 15.3. The van der Waals surface area contributed by atoms with Gasteiger partial charge in [-0.3, -0.25) is 0 Å². The highest BCUT2D eigenvalue weighted by atomic mass is 16.7. The lowest BCUT2D eigenvalue weighted by molar-refractivity contribution is 0.174. The van der Waals surface area contributed by atoms with E-state index in [2.05, 4.69) is 10.6 Å². The number of phenolic OH excluding ortho intramolecular Hbond substituents is 1. The number of aromatic hydroxyl groups is 1. The molecule has 0 atom stereocenters. The maximum absolute atomic E-state index is 10.4. The molecule has 0 saturated carbocycles. The van der Waals surface area contributed by atoms with Gasteiger partial charge >= 0.3 is 6.03 Å². The van der Waals surface area contributed by atoms with Crippen LogP contribution in [0.15, 0.2) is 12.1 Å². The van der Waals surface area contributed by atoms with Crippen LogP contribution in [0, 0.1) is 0 Å². The van der Waals surface area contributed by atoms with Gasteiger partial charge in [0.15, 0.2) is 11.5 Å². The molecule has 0 aromatic heterocycles. The molecule has 0 bridgehead atoms. The molecule has 0 radical (unpaired) electrons. The number of fused-ring (bicyclic) bond motifs is 1.